The molecule has 1 aromatic heterocycles. The number of carbonyl (C=O) groups is 1. The lowest BCUT2D eigenvalue weighted by Crippen LogP contribution is -2.34. The van der Waals surface area contributed by atoms with Gasteiger partial charge in [0.25, 0.3) is 0 Å². The molecule has 2 aliphatic rings. The van der Waals surface area contributed by atoms with E-state index in [0.29, 0.717) is 24.8 Å². The van der Waals surface area contributed by atoms with Crippen LogP contribution >= 0.6 is 0 Å². The second-order valence-corrected chi connectivity index (χ2v) is 9.74. The van der Waals surface area contributed by atoms with Crippen molar-refractivity contribution in [1.29, 1.82) is 0 Å². The van der Waals surface area contributed by atoms with E-state index in [2.05, 4.69) is 20.7 Å². The maximum atomic E-state index is 13.5. The van der Waals surface area contributed by atoms with Crippen LogP contribution in [-0.2, 0) is 27.4 Å². The number of nitrogens with zero attached hydrogens (tertiary/aromatic N) is 4. The third-order valence-corrected chi connectivity index (χ3v) is 6.68. The number of rotatable bonds is 6. The van der Waals surface area contributed by atoms with E-state index < -0.39 is 27.6 Å². The Morgan fingerprint density at radius 2 is 2.00 bits per heavy atom. The van der Waals surface area contributed by atoms with Gasteiger partial charge >= 0.3 is 6.18 Å². The topological polar surface area (TPSA) is 108 Å². The summed E-state index contributed by atoms with van der Waals surface area (Å²) in [5.74, 6) is -1.05. The summed E-state index contributed by atoms with van der Waals surface area (Å²) < 4.78 is 65.0. The third-order valence-electron chi connectivity index (χ3n) is 5.41. The number of carbonyl (C=O) groups excluding carboxylic acids is 1. The highest BCUT2D eigenvalue weighted by atomic mass is 32.2. The summed E-state index contributed by atoms with van der Waals surface area (Å²) in [6.45, 7) is 0.657. The minimum Gasteiger partial charge on any atom is -0.369 e. The van der Waals surface area contributed by atoms with Gasteiger partial charge in [-0.3, -0.25) is 10.2 Å². The van der Waals surface area contributed by atoms with Crippen molar-refractivity contribution < 1.29 is 26.4 Å². The maximum absolute atomic E-state index is 13.5. The van der Waals surface area contributed by atoms with Crippen molar-refractivity contribution in [2.24, 2.45) is 5.92 Å². The molecule has 0 radical (unpaired) electrons. The second-order valence-electron chi connectivity index (χ2n) is 7.76. The van der Waals surface area contributed by atoms with E-state index in [1.165, 1.54) is 9.31 Å². The predicted molar refractivity (Wildman–Crippen MR) is 111 cm³/mol. The molecule has 2 aliphatic heterocycles. The van der Waals surface area contributed by atoms with Gasteiger partial charge in [0.05, 0.1) is 18.4 Å². The maximum Gasteiger partial charge on any atom is 0.421 e. The number of para-hydroxylation sites is 1. The van der Waals surface area contributed by atoms with Crippen molar-refractivity contribution in [3.63, 3.8) is 0 Å². The van der Waals surface area contributed by atoms with E-state index in [4.69, 9.17) is 0 Å². The van der Waals surface area contributed by atoms with Gasteiger partial charge in [-0.25, -0.2) is 22.7 Å². The molecule has 13 heteroatoms. The number of sulfonamides is 1. The van der Waals surface area contributed by atoms with Crippen LogP contribution in [0.4, 0.5) is 30.6 Å². The molecule has 1 fully saturated rings. The molecule has 32 heavy (non-hydrogen) atoms. The zero-order chi connectivity index (χ0) is 23.1. The molecule has 3 heterocycles. The van der Waals surface area contributed by atoms with E-state index >= 15 is 0 Å². The summed E-state index contributed by atoms with van der Waals surface area (Å²) >= 11 is 0. The largest absolute Gasteiger partial charge is 0.421 e. The quantitative estimate of drug-likeness (QED) is 0.666. The van der Waals surface area contributed by atoms with Crippen LogP contribution in [0.15, 0.2) is 30.5 Å². The number of hydrazine groups is 1. The van der Waals surface area contributed by atoms with E-state index in [0.717, 1.165) is 11.8 Å². The summed E-state index contributed by atoms with van der Waals surface area (Å²) in [6, 6.07) is 7.04. The van der Waals surface area contributed by atoms with Gasteiger partial charge in [-0.15, -0.1) is 0 Å². The lowest BCUT2D eigenvalue weighted by molar-refractivity contribution is -0.137. The summed E-state index contributed by atoms with van der Waals surface area (Å²) in [6.07, 6.45) is -2.25. The first kappa shape index (κ1) is 22.3. The molecule has 4 rings (SSSR count). The van der Waals surface area contributed by atoms with E-state index in [1.54, 1.807) is 24.3 Å². The van der Waals surface area contributed by atoms with Gasteiger partial charge < -0.3 is 5.32 Å². The van der Waals surface area contributed by atoms with Crippen LogP contribution in [0.5, 0.6) is 0 Å². The fraction of sp³-hybridized carbons (Fsp3) is 0.421. The number of hydrogen-bond donors (Lipinski definition) is 2. The Labute approximate surface area is 182 Å². The zero-order valence-corrected chi connectivity index (χ0v) is 17.9. The van der Waals surface area contributed by atoms with Crippen LogP contribution in [0, 0.1) is 5.92 Å². The van der Waals surface area contributed by atoms with Crippen LogP contribution in [0.25, 0.3) is 0 Å². The standard InChI is InChI=1S/C19H21F3N6O3S/c1-32(30,31)27-7-6-12(11-27)9-23-17-14(19(20,21)22)10-24-18(25-17)26-28-15-5-3-2-4-13(15)8-16(28)29/h2-5,10,12H,6-9,11H2,1H3,(H2,23,24,25,26). The minimum atomic E-state index is -4.69. The average molecular weight is 470 g/mol. The summed E-state index contributed by atoms with van der Waals surface area (Å²) in [4.78, 5) is 20.0. The molecule has 1 atom stereocenters. The van der Waals surface area contributed by atoms with Gasteiger partial charge in [0.1, 0.15) is 11.4 Å². The number of nitrogens with one attached hydrogen (secondary N) is 2. The molecule has 1 amide bonds. The van der Waals surface area contributed by atoms with Crippen molar-refractivity contribution in [1.82, 2.24) is 14.3 Å². The van der Waals surface area contributed by atoms with Crippen LogP contribution in [0.3, 0.4) is 0 Å². The minimum absolute atomic E-state index is 0.108. The number of amides is 1. The average Bonchev–Trinajstić information content (AvgIpc) is 3.31. The van der Waals surface area contributed by atoms with E-state index in [-0.39, 0.29) is 37.3 Å². The smallest absolute Gasteiger partial charge is 0.369 e. The number of anilines is 3. The molecule has 0 aliphatic carbocycles. The van der Waals surface area contributed by atoms with Crippen molar-refractivity contribution >= 4 is 33.4 Å². The number of aromatic nitrogens is 2. The van der Waals surface area contributed by atoms with Crippen LogP contribution in [0.1, 0.15) is 17.5 Å². The highest BCUT2D eigenvalue weighted by molar-refractivity contribution is 7.88. The number of hydrogen-bond acceptors (Lipinski definition) is 7. The van der Waals surface area contributed by atoms with E-state index in [1.807, 2.05) is 0 Å². The molecule has 9 nitrogen and oxygen atoms in total. The summed E-state index contributed by atoms with van der Waals surface area (Å²) in [5, 5.41) is 3.90. The van der Waals surface area contributed by atoms with Gasteiger partial charge in [0, 0.05) is 25.8 Å². The van der Waals surface area contributed by atoms with E-state index in [9.17, 15) is 26.4 Å². The van der Waals surface area contributed by atoms with Crippen LogP contribution in [-0.4, -0.2) is 54.5 Å². The normalized spacial score (nSPS) is 19.3. The Morgan fingerprint density at radius 1 is 1.25 bits per heavy atom. The highest BCUT2D eigenvalue weighted by Gasteiger charge is 2.36. The molecule has 2 N–H and O–H groups in total. The van der Waals surface area contributed by atoms with Crippen molar-refractivity contribution in [3.8, 4) is 0 Å². The zero-order valence-electron chi connectivity index (χ0n) is 17.1. The summed E-state index contributed by atoms with van der Waals surface area (Å²) in [5.41, 5.74) is 3.01. The Kier molecular flexibility index (Phi) is 5.71. The van der Waals surface area contributed by atoms with Gasteiger partial charge in [-0.2, -0.15) is 18.2 Å². The monoisotopic (exact) mass is 470 g/mol. The first-order valence-corrected chi connectivity index (χ1v) is 11.7. The highest BCUT2D eigenvalue weighted by Crippen LogP contribution is 2.35. The SMILES string of the molecule is CS(=O)(=O)N1CCC(CNc2nc(NN3C(=O)Cc4ccccc43)ncc2C(F)(F)F)C1. The first-order chi connectivity index (χ1) is 15.0. The van der Waals surface area contributed by atoms with Crippen molar-refractivity contribution in [3.05, 3.63) is 41.6 Å². The molecule has 1 saturated heterocycles. The van der Waals surface area contributed by atoms with Crippen molar-refractivity contribution in [2.45, 2.75) is 19.0 Å². The summed E-state index contributed by atoms with van der Waals surface area (Å²) in [7, 11) is -3.35. The first-order valence-electron chi connectivity index (χ1n) is 9.83. The Bertz CT molecular complexity index is 1140. The molecule has 1 aromatic carbocycles. The molecule has 1 unspecified atom stereocenters. The van der Waals surface area contributed by atoms with Crippen molar-refractivity contribution in [2.75, 3.05) is 41.6 Å². The number of fused-ring (bicyclic) bond motifs is 1. The number of benzene rings is 1. The van der Waals surface area contributed by atoms with Gasteiger partial charge in [-0.1, -0.05) is 18.2 Å². The van der Waals surface area contributed by atoms with Gasteiger partial charge in [0.2, 0.25) is 21.9 Å². The molecule has 172 valence electrons. The Balaban J connectivity index is 1.53. The molecular weight excluding hydrogens is 449 g/mol. The third kappa shape index (κ3) is 4.63. The molecule has 0 saturated carbocycles. The van der Waals surface area contributed by atoms with Crippen LogP contribution in [0.2, 0.25) is 0 Å². The fourth-order valence-electron chi connectivity index (χ4n) is 3.76. The number of alkyl halides is 3. The Hall–Kier alpha value is -2.93. The predicted octanol–water partition coefficient (Wildman–Crippen LogP) is 2.11. The second kappa shape index (κ2) is 8.20. The molecule has 2 aromatic rings. The number of halogens is 3. The van der Waals surface area contributed by atoms with Gasteiger partial charge in [-0.05, 0) is 24.0 Å². The molecule has 0 bridgehead atoms. The fourth-order valence-corrected chi connectivity index (χ4v) is 4.68. The molecule has 0 spiro atoms. The lowest BCUT2D eigenvalue weighted by Gasteiger charge is -2.20. The van der Waals surface area contributed by atoms with Crippen LogP contribution < -0.4 is 15.8 Å². The lowest BCUT2D eigenvalue weighted by atomic mass is 10.1. The molecular formula is C19H21F3N6O3S. The Morgan fingerprint density at radius 3 is 2.69 bits per heavy atom. The van der Waals surface area contributed by atoms with Gasteiger partial charge in [0.15, 0.2) is 0 Å².